The van der Waals surface area contributed by atoms with Crippen molar-refractivity contribution in [2.24, 2.45) is 0 Å². The Hall–Kier alpha value is -3.10. The van der Waals surface area contributed by atoms with Crippen LogP contribution in [0.1, 0.15) is 11.1 Å². The lowest BCUT2D eigenvalue weighted by molar-refractivity contribution is -0.923. The Kier molecular flexibility index (Phi) is 6.43. The minimum absolute atomic E-state index is 0.854. The van der Waals surface area contributed by atoms with Crippen molar-refractivity contribution in [3.05, 3.63) is 72.3 Å². The molecule has 0 spiro atoms. The number of quaternary nitrogens is 2. The summed E-state index contributed by atoms with van der Waals surface area (Å²) in [7, 11) is 4.75. The molecule has 3 aromatic rings. The van der Waals surface area contributed by atoms with Crippen LogP contribution in [0.15, 0.2) is 61.2 Å². The number of likely N-dealkylation sites (N-methyl/N-ethyl adjacent to an activating group) is 2. The number of piperazine rings is 2. The van der Waals surface area contributed by atoms with Crippen LogP contribution in [0.25, 0.3) is 0 Å². The molecule has 0 atom stereocenters. The van der Waals surface area contributed by atoms with Gasteiger partial charge in [-0.1, -0.05) is 24.3 Å². The van der Waals surface area contributed by atoms with E-state index in [1.807, 2.05) is 36.9 Å². The number of rotatable bonds is 6. The van der Waals surface area contributed by atoms with Gasteiger partial charge in [0.2, 0.25) is 11.9 Å². The van der Waals surface area contributed by atoms with Gasteiger partial charge in [0, 0.05) is 35.9 Å². The summed E-state index contributed by atoms with van der Waals surface area (Å²) < 4.78 is 2.13. The van der Waals surface area contributed by atoms with Crippen LogP contribution in [0.3, 0.4) is 0 Å². The average Bonchev–Trinajstić information content (AvgIpc) is 2.87. The fraction of sp³-hybridized carbons (Fsp3) is 0.462. The maximum atomic E-state index is 4.41. The first-order valence-corrected chi connectivity index (χ1v) is 12.3. The van der Waals surface area contributed by atoms with Crippen molar-refractivity contribution >= 4 is 11.9 Å². The largest absolute Gasteiger partial charge is 0.330 e. The number of hydrogen-bond donors (Lipinski definition) is 0. The zero-order valence-electron chi connectivity index (χ0n) is 20.4. The minimum Gasteiger partial charge on any atom is -0.330 e. The lowest BCUT2D eigenvalue weighted by Gasteiger charge is -2.42. The zero-order valence-corrected chi connectivity index (χ0v) is 20.4. The van der Waals surface area contributed by atoms with Gasteiger partial charge in [-0.25, -0.2) is 19.9 Å². The first kappa shape index (κ1) is 22.7. The van der Waals surface area contributed by atoms with Gasteiger partial charge in [-0.05, 0) is 12.1 Å². The van der Waals surface area contributed by atoms with E-state index >= 15 is 0 Å². The van der Waals surface area contributed by atoms with Crippen LogP contribution in [-0.4, -0.2) is 95.4 Å². The van der Waals surface area contributed by atoms with Gasteiger partial charge in [0.05, 0.1) is 66.5 Å². The third-order valence-electron chi connectivity index (χ3n) is 7.46. The van der Waals surface area contributed by atoms with Gasteiger partial charge in [0.25, 0.3) is 0 Å². The van der Waals surface area contributed by atoms with Crippen LogP contribution in [-0.2, 0) is 13.1 Å². The van der Waals surface area contributed by atoms with Gasteiger partial charge < -0.3 is 18.8 Å². The van der Waals surface area contributed by atoms with E-state index in [1.54, 1.807) is 0 Å². The summed E-state index contributed by atoms with van der Waals surface area (Å²) in [4.78, 5) is 22.3. The molecule has 0 amide bonds. The van der Waals surface area contributed by atoms with E-state index in [9.17, 15) is 0 Å². The Morgan fingerprint density at radius 2 is 0.912 bits per heavy atom. The van der Waals surface area contributed by atoms with Crippen molar-refractivity contribution in [2.75, 3.05) is 76.3 Å². The Labute approximate surface area is 202 Å². The first-order chi connectivity index (χ1) is 16.5. The van der Waals surface area contributed by atoms with Gasteiger partial charge in [0.1, 0.15) is 13.1 Å². The van der Waals surface area contributed by atoms with E-state index in [4.69, 9.17) is 0 Å². The summed E-state index contributed by atoms with van der Waals surface area (Å²) >= 11 is 0. The molecule has 2 aromatic heterocycles. The molecule has 2 fully saturated rings. The third-order valence-corrected chi connectivity index (χ3v) is 7.46. The normalized spacial score (nSPS) is 19.7. The lowest BCUT2D eigenvalue weighted by Crippen LogP contribution is -2.57. The maximum Gasteiger partial charge on any atom is 0.225 e. The van der Waals surface area contributed by atoms with Crippen LogP contribution in [0.4, 0.5) is 11.9 Å². The number of anilines is 2. The molecule has 8 nitrogen and oxygen atoms in total. The highest BCUT2D eigenvalue weighted by Crippen LogP contribution is 2.21. The monoisotopic (exact) mass is 460 g/mol. The molecule has 2 aliphatic rings. The zero-order chi connectivity index (χ0) is 23.4. The van der Waals surface area contributed by atoms with Crippen molar-refractivity contribution in [3.8, 4) is 0 Å². The highest BCUT2D eigenvalue weighted by molar-refractivity contribution is 5.29. The van der Waals surface area contributed by atoms with Crippen molar-refractivity contribution in [1.29, 1.82) is 0 Å². The topological polar surface area (TPSA) is 58.0 Å². The van der Waals surface area contributed by atoms with Gasteiger partial charge in [0.15, 0.2) is 0 Å². The number of benzene rings is 1. The second-order valence-electron chi connectivity index (χ2n) is 10.3. The van der Waals surface area contributed by atoms with Crippen molar-refractivity contribution in [3.63, 3.8) is 0 Å². The maximum absolute atomic E-state index is 4.41. The van der Waals surface area contributed by atoms with Crippen molar-refractivity contribution in [2.45, 2.75) is 13.1 Å². The number of nitrogens with zero attached hydrogens (tertiary/aromatic N) is 8. The summed E-state index contributed by atoms with van der Waals surface area (Å²) in [5.74, 6) is 1.71. The molecule has 1 aromatic carbocycles. The Bertz CT molecular complexity index is 955. The van der Waals surface area contributed by atoms with Crippen LogP contribution in [0.5, 0.6) is 0 Å². The van der Waals surface area contributed by atoms with Crippen molar-refractivity contribution in [1.82, 2.24) is 19.9 Å². The van der Waals surface area contributed by atoms with Gasteiger partial charge >= 0.3 is 0 Å². The van der Waals surface area contributed by atoms with Crippen LogP contribution >= 0.6 is 0 Å². The Balaban J connectivity index is 1.13. The van der Waals surface area contributed by atoms with E-state index in [0.717, 1.165) is 86.3 Å². The lowest BCUT2D eigenvalue weighted by atomic mass is 10.1. The summed E-state index contributed by atoms with van der Waals surface area (Å²) in [6.45, 7) is 10.6. The fourth-order valence-electron chi connectivity index (χ4n) is 5.15. The molecule has 4 heterocycles. The standard InChI is InChI=1S/C26H36N8/c1-33(17-13-31(14-18-33)25-27-9-3-10-28-25)21-23-5-7-24(8-6-23)22-34(2)19-15-32(16-20-34)26-29-11-4-12-30-26/h3-12H,13-22H2,1-2H3/q+2. The molecule has 0 N–H and O–H groups in total. The fourth-order valence-corrected chi connectivity index (χ4v) is 5.15. The third kappa shape index (κ3) is 5.34. The van der Waals surface area contributed by atoms with Gasteiger partial charge in [-0.3, -0.25) is 0 Å². The highest BCUT2D eigenvalue weighted by atomic mass is 15.4. The van der Waals surface area contributed by atoms with E-state index in [-0.39, 0.29) is 0 Å². The molecule has 0 bridgehead atoms. The average molecular weight is 461 g/mol. The predicted molar refractivity (Wildman–Crippen MR) is 134 cm³/mol. The second kappa shape index (κ2) is 9.64. The Morgan fingerprint density at radius 1 is 0.588 bits per heavy atom. The molecule has 0 unspecified atom stereocenters. The van der Waals surface area contributed by atoms with E-state index in [0.29, 0.717) is 0 Å². The molecular formula is C26H36N8+2. The Morgan fingerprint density at radius 3 is 1.24 bits per heavy atom. The van der Waals surface area contributed by atoms with Crippen LogP contribution in [0, 0.1) is 0 Å². The van der Waals surface area contributed by atoms with Gasteiger partial charge in [-0.2, -0.15) is 0 Å². The van der Waals surface area contributed by atoms with Crippen molar-refractivity contribution < 1.29 is 8.97 Å². The minimum atomic E-state index is 0.854. The van der Waals surface area contributed by atoms with E-state index < -0.39 is 0 Å². The van der Waals surface area contributed by atoms with E-state index in [2.05, 4.69) is 68.1 Å². The molecule has 2 aliphatic heterocycles. The molecule has 34 heavy (non-hydrogen) atoms. The molecule has 178 valence electrons. The molecule has 0 radical (unpaired) electrons. The van der Waals surface area contributed by atoms with E-state index in [1.165, 1.54) is 11.1 Å². The highest BCUT2D eigenvalue weighted by Gasteiger charge is 2.31. The summed E-state index contributed by atoms with van der Waals surface area (Å²) in [6.07, 6.45) is 7.30. The molecule has 8 heteroatoms. The summed E-state index contributed by atoms with van der Waals surface area (Å²) in [6, 6.07) is 13.1. The molecule has 5 rings (SSSR count). The van der Waals surface area contributed by atoms with Gasteiger partial charge in [-0.15, -0.1) is 0 Å². The summed E-state index contributed by atoms with van der Waals surface area (Å²) in [5, 5.41) is 0. The number of hydrogen-bond acceptors (Lipinski definition) is 6. The molecular weight excluding hydrogens is 424 g/mol. The number of aromatic nitrogens is 4. The molecule has 0 saturated carbocycles. The summed E-state index contributed by atoms with van der Waals surface area (Å²) in [5.41, 5.74) is 2.84. The van der Waals surface area contributed by atoms with Crippen LogP contribution < -0.4 is 9.80 Å². The molecule has 2 saturated heterocycles. The molecule has 0 aliphatic carbocycles. The van der Waals surface area contributed by atoms with Crippen LogP contribution in [0.2, 0.25) is 0 Å². The smallest absolute Gasteiger partial charge is 0.225 e. The quantitative estimate of drug-likeness (QED) is 0.526. The predicted octanol–water partition coefficient (Wildman–Crippen LogP) is 2.20. The SMILES string of the molecule is C[N+]1(Cc2ccc(C[N+]3(C)CCN(c4ncccn4)CC3)cc2)CCN(c2ncccn2)CC1. The first-order valence-electron chi connectivity index (χ1n) is 12.3. The second-order valence-corrected chi connectivity index (χ2v) is 10.3.